The molecular weight excluding hydrogens is 388 g/mol. The maximum absolute atomic E-state index is 12.1. The predicted molar refractivity (Wildman–Crippen MR) is 109 cm³/mol. The molecule has 0 unspecified atom stereocenters. The molecule has 0 fully saturated rings. The first-order valence-corrected chi connectivity index (χ1v) is 9.29. The first-order valence-electron chi connectivity index (χ1n) is 9.29. The minimum atomic E-state index is -0.515. The van der Waals surface area contributed by atoms with E-state index in [0.717, 1.165) is 11.3 Å². The van der Waals surface area contributed by atoms with Gasteiger partial charge < -0.3 is 19.9 Å². The molecule has 0 aliphatic rings. The van der Waals surface area contributed by atoms with Crippen molar-refractivity contribution in [3.05, 3.63) is 54.1 Å². The quantitative estimate of drug-likeness (QED) is 0.433. The van der Waals surface area contributed by atoms with Gasteiger partial charge in [0.2, 0.25) is 5.88 Å². The van der Waals surface area contributed by atoms with Crippen molar-refractivity contribution in [1.82, 2.24) is 4.57 Å². The van der Waals surface area contributed by atoms with Gasteiger partial charge in [-0.05, 0) is 30.3 Å². The lowest BCUT2D eigenvalue weighted by molar-refractivity contribution is -0.659. The number of azo groups is 1. The van der Waals surface area contributed by atoms with Crippen molar-refractivity contribution in [3.63, 3.8) is 0 Å². The van der Waals surface area contributed by atoms with E-state index in [1.54, 1.807) is 31.4 Å². The molecule has 156 valence electrons. The Hall–Kier alpha value is -3.72. The fourth-order valence-electron chi connectivity index (χ4n) is 2.99. The van der Waals surface area contributed by atoms with Gasteiger partial charge in [0.15, 0.2) is 12.2 Å². The molecule has 30 heavy (non-hydrogen) atoms. The van der Waals surface area contributed by atoms with Gasteiger partial charge in [0, 0.05) is 10.9 Å². The van der Waals surface area contributed by atoms with Crippen LogP contribution in [0.3, 0.4) is 0 Å². The third-order valence-electron chi connectivity index (χ3n) is 4.55. The number of carbonyl (C=O) groups excluding carboxylic acids is 2. The van der Waals surface area contributed by atoms with Gasteiger partial charge in [-0.3, -0.25) is 14.2 Å². The molecule has 3 aromatic rings. The van der Waals surface area contributed by atoms with E-state index in [2.05, 4.69) is 15.0 Å². The second-order valence-electron chi connectivity index (χ2n) is 6.49. The van der Waals surface area contributed by atoms with Crippen LogP contribution in [0.25, 0.3) is 10.9 Å². The van der Waals surface area contributed by atoms with Gasteiger partial charge in [0.25, 0.3) is 0 Å². The zero-order valence-electron chi connectivity index (χ0n) is 16.7. The summed E-state index contributed by atoms with van der Waals surface area (Å²) in [6.45, 7) is 0.536. The third kappa shape index (κ3) is 4.81. The van der Waals surface area contributed by atoms with Crippen LogP contribution in [0.1, 0.15) is 5.56 Å². The van der Waals surface area contributed by atoms with Crippen molar-refractivity contribution in [1.29, 1.82) is 0 Å². The van der Waals surface area contributed by atoms with Gasteiger partial charge in [-0.1, -0.05) is 18.2 Å². The Balaban J connectivity index is 1.68. The Morgan fingerprint density at radius 3 is 2.53 bits per heavy atom. The fourth-order valence-corrected chi connectivity index (χ4v) is 2.99. The van der Waals surface area contributed by atoms with E-state index in [1.165, 1.54) is 11.7 Å². The summed E-state index contributed by atoms with van der Waals surface area (Å²) >= 11 is 0. The highest BCUT2D eigenvalue weighted by molar-refractivity contribution is 5.96. The van der Waals surface area contributed by atoms with Crippen molar-refractivity contribution >= 4 is 28.5 Å². The largest absolute Gasteiger partial charge is 0.497 e. The van der Waals surface area contributed by atoms with Gasteiger partial charge in [0.1, 0.15) is 18.8 Å². The van der Waals surface area contributed by atoms with Crippen LogP contribution >= 0.6 is 0 Å². The Morgan fingerprint density at radius 1 is 1.10 bits per heavy atom. The molecule has 0 atom stereocenters. The second-order valence-corrected chi connectivity index (χ2v) is 6.49. The van der Waals surface area contributed by atoms with E-state index in [1.807, 2.05) is 29.6 Å². The van der Waals surface area contributed by atoms with E-state index in [4.69, 9.17) is 4.74 Å². The summed E-state index contributed by atoms with van der Waals surface area (Å²) in [5, 5.41) is 20.6. The van der Waals surface area contributed by atoms with Crippen molar-refractivity contribution in [2.45, 2.75) is 13.1 Å². The molecule has 0 aliphatic carbocycles. The normalized spacial score (nSPS) is 11.1. The molecule has 0 saturated heterocycles. The molecule has 0 spiro atoms. The first kappa shape index (κ1) is 21.0. The van der Waals surface area contributed by atoms with Crippen molar-refractivity contribution in [3.8, 4) is 11.6 Å². The average Bonchev–Trinajstić information content (AvgIpc) is 3.03. The molecule has 2 aromatic carbocycles. The summed E-state index contributed by atoms with van der Waals surface area (Å²) in [6.07, 6.45) is 0. The Morgan fingerprint density at radius 2 is 1.83 bits per heavy atom. The highest BCUT2D eigenvalue weighted by Crippen LogP contribution is 2.38. The lowest BCUT2D eigenvalue weighted by atomic mass is 10.2. The summed E-state index contributed by atoms with van der Waals surface area (Å²) in [4.78, 5) is 23.8. The topological polar surface area (TPSA) is 119 Å². The van der Waals surface area contributed by atoms with Crippen molar-refractivity contribution in [2.24, 2.45) is 10.2 Å². The van der Waals surface area contributed by atoms with E-state index in [0.29, 0.717) is 17.4 Å². The number of esters is 1. The smallest absolute Gasteiger partial charge is 0.325 e. The van der Waals surface area contributed by atoms with E-state index in [9.17, 15) is 14.7 Å². The Kier molecular flexibility index (Phi) is 6.76. The lowest BCUT2D eigenvalue weighted by Gasteiger charge is -2.04. The number of nitrogens with two attached hydrogens (primary N) is 1. The zero-order chi connectivity index (χ0) is 21.5. The summed E-state index contributed by atoms with van der Waals surface area (Å²) < 4.78 is 11.2. The summed E-state index contributed by atoms with van der Waals surface area (Å²) in [5.41, 5.74) is 1.77. The van der Waals surface area contributed by atoms with Crippen molar-refractivity contribution in [2.75, 3.05) is 20.8 Å². The first-order chi connectivity index (χ1) is 14.5. The molecule has 0 bridgehead atoms. The lowest BCUT2D eigenvalue weighted by Crippen LogP contribution is -2.84. The zero-order valence-corrected chi connectivity index (χ0v) is 16.7. The van der Waals surface area contributed by atoms with Crippen LogP contribution in [0, 0.1) is 0 Å². The molecule has 1 amide bonds. The average molecular weight is 411 g/mol. The molecule has 0 radical (unpaired) electrons. The number of fused-ring (bicyclic) bond motifs is 1. The van der Waals surface area contributed by atoms with Gasteiger partial charge in [-0.25, -0.2) is 0 Å². The number of benzene rings is 2. The van der Waals surface area contributed by atoms with Gasteiger partial charge >= 0.3 is 11.9 Å². The molecule has 0 saturated carbocycles. The number of amides is 1. The highest BCUT2D eigenvalue weighted by Gasteiger charge is 2.19. The minimum absolute atomic E-state index is 0.108. The highest BCUT2D eigenvalue weighted by atomic mass is 16.5. The maximum Gasteiger partial charge on any atom is 0.325 e. The molecule has 3 N–H and O–H groups in total. The predicted octanol–water partition coefficient (Wildman–Crippen LogP) is 1.90. The molecule has 3 rings (SSSR count). The minimum Gasteiger partial charge on any atom is -0.497 e. The SMILES string of the molecule is COC(=O)Cn1c(O)c(N=NC(=O)C[NH2+]Cc2ccc(OC)cc2)c2ccccc21. The summed E-state index contributed by atoms with van der Waals surface area (Å²) in [6, 6.07) is 14.6. The van der Waals surface area contributed by atoms with Gasteiger partial charge in [-0.15, -0.1) is 10.2 Å². The Labute approximate surface area is 172 Å². The Bertz CT molecular complexity index is 1070. The van der Waals surface area contributed by atoms with Crippen LogP contribution in [-0.4, -0.2) is 42.3 Å². The van der Waals surface area contributed by atoms with Crippen LogP contribution in [0.5, 0.6) is 11.6 Å². The second kappa shape index (κ2) is 9.66. The monoisotopic (exact) mass is 411 g/mol. The molecule has 9 heteroatoms. The number of para-hydroxylation sites is 1. The number of carbonyl (C=O) groups is 2. The van der Waals surface area contributed by atoms with E-state index >= 15 is 0 Å². The molecule has 1 heterocycles. The fraction of sp³-hybridized carbons (Fsp3) is 0.238. The van der Waals surface area contributed by atoms with E-state index < -0.39 is 11.9 Å². The number of methoxy groups -OCH3 is 2. The standard InChI is InChI=1S/C21H22N4O5/c1-29-15-9-7-14(8-10-15)11-22-12-18(26)23-24-20-16-5-3-4-6-17(16)25(21(20)28)13-19(27)30-2/h3-10,22,28H,11-13H2,1-2H3/p+1. The van der Waals surface area contributed by atoms with E-state index in [-0.39, 0.29) is 24.7 Å². The molecule has 9 nitrogen and oxygen atoms in total. The number of nitrogens with zero attached hydrogens (tertiary/aromatic N) is 3. The number of ether oxygens (including phenoxy) is 2. The van der Waals surface area contributed by atoms with Crippen LogP contribution in [0.2, 0.25) is 0 Å². The van der Waals surface area contributed by atoms with Crippen molar-refractivity contribution < 1.29 is 29.5 Å². The number of aromatic nitrogens is 1. The third-order valence-corrected chi connectivity index (χ3v) is 4.55. The van der Waals surface area contributed by atoms with Gasteiger partial charge in [-0.2, -0.15) is 0 Å². The van der Waals surface area contributed by atoms with Crippen LogP contribution in [-0.2, 0) is 27.4 Å². The number of hydrogen-bond donors (Lipinski definition) is 2. The number of aromatic hydroxyl groups is 1. The summed E-state index contributed by atoms with van der Waals surface area (Å²) in [5.74, 6) is -0.429. The summed E-state index contributed by atoms with van der Waals surface area (Å²) in [7, 11) is 2.88. The van der Waals surface area contributed by atoms with Gasteiger partial charge in [0.05, 0.1) is 19.7 Å². The van der Waals surface area contributed by atoms with Crippen LogP contribution in [0.15, 0.2) is 58.8 Å². The van der Waals surface area contributed by atoms with Crippen LogP contribution in [0.4, 0.5) is 5.69 Å². The number of hydrogen-bond acceptors (Lipinski definition) is 6. The molecule has 0 aliphatic heterocycles. The van der Waals surface area contributed by atoms with Crippen LogP contribution < -0.4 is 10.1 Å². The molecular formula is C21H23N4O5+. The maximum atomic E-state index is 12.1. The number of rotatable bonds is 8. The molecule has 1 aromatic heterocycles. The number of quaternary nitrogens is 1.